The van der Waals surface area contributed by atoms with E-state index in [0.29, 0.717) is 12.3 Å². The van der Waals surface area contributed by atoms with Gasteiger partial charge in [0.05, 0.1) is 24.7 Å². The summed E-state index contributed by atoms with van der Waals surface area (Å²) in [5, 5.41) is 11.8. The molecule has 0 radical (unpaired) electrons. The van der Waals surface area contributed by atoms with E-state index in [0.717, 1.165) is 19.3 Å². The van der Waals surface area contributed by atoms with Crippen LogP contribution in [0.25, 0.3) is 0 Å². The summed E-state index contributed by atoms with van der Waals surface area (Å²) in [6.07, 6.45) is 10.7. The molecule has 3 saturated carbocycles. The van der Waals surface area contributed by atoms with Gasteiger partial charge in [-0.2, -0.15) is 0 Å². The lowest BCUT2D eigenvalue weighted by Crippen LogP contribution is -2.69. The number of hydrogen-bond acceptors (Lipinski definition) is 5. The van der Waals surface area contributed by atoms with Crippen molar-refractivity contribution in [3.05, 3.63) is 36.3 Å². The zero-order chi connectivity index (χ0) is 22.0. The van der Waals surface area contributed by atoms with Crippen molar-refractivity contribution in [1.82, 2.24) is 0 Å². The molecular weight excluding hydrogens is 392 g/mol. The smallest absolute Gasteiger partial charge is 0.330 e. The molecular formula is C26H34O5. The van der Waals surface area contributed by atoms with Gasteiger partial charge in [0.15, 0.2) is 0 Å². The zero-order valence-corrected chi connectivity index (χ0v) is 19.2. The number of epoxide rings is 1. The fourth-order valence-corrected chi connectivity index (χ4v) is 9.35. The molecule has 5 heteroatoms. The number of aliphatic hydroxyl groups is 1. The second kappa shape index (κ2) is 5.66. The number of allylic oxidation sites excluding steroid dienone is 1. The lowest BCUT2D eigenvalue weighted by atomic mass is 9.38. The fourth-order valence-electron chi connectivity index (χ4n) is 9.35. The molecule has 168 valence electrons. The zero-order valence-electron chi connectivity index (χ0n) is 19.2. The van der Waals surface area contributed by atoms with Gasteiger partial charge in [0, 0.05) is 22.8 Å². The molecule has 1 saturated heterocycles. The Labute approximate surface area is 184 Å². The Kier molecular flexibility index (Phi) is 3.66. The molecule has 0 bridgehead atoms. The Morgan fingerprint density at radius 3 is 2.58 bits per heavy atom. The van der Waals surface area contributed by atoms with Crippen LogP contribution < -0.4 is 0 Å². The largest absolute Gasteiger partial charge is 0.472 e. The number of esters is 1. The standard InChI is InChI=1S/C26H34O5/c1-22(2)18-13-19(27)25(5)17(23(18,3)9-7-21(28)31-22)6-10-24(4)16(15-8-11-29-14-15)12-20-26(24,25)30-20/h7-9,11,14,16-20,27H,6,10,12-13H2,1-5H3/t16-,17-,18+,19+,20-,23+,24-,25-,26-/m0/s1. The third-order valence-electron chi connectivity index (χ3n) is 10.6. The van der Waals surface area contributed by atoms with Gasteiger partial charge in [0.25, 0.3) is 0 Å². The number of ether oxygens (including phenoxy) is 2. The van der Waals surface area contributed by atoms with Gasteiger partial charge in [-0.3, -0.25) is 0 Å². The minimum Gasteiger partial charge on any atom is -0.472 e. The first-order valence-electron chi connectivity index (χ1n) is 11.8. The van der Waals surface area contributed by atoms with Gasteiger partial charge in [-0.25, -0.2) is 4.79 Å². The van der Waals surface area contributed by atoms with Gasteiger partial charge in [-0.05, 0) is 68.4 Å². The number of carbonyl (C=O) groups is 1. The summed E-state index contributed by atoms with van der Waals surface area (Å²) in [7, 11) is 0. The lowest BCUT2D eigenvalue weighted by Gasteiger charge is -2.66. The minimum absolute atomic E-state index is 0.0484. The third-order valence-corrected chi connectivity index (χ3v) is 10.6. The van der Waals surface area contributed by atoms with E-state index in [-0.39, 0.29) is 45.8 Å². The second-order valence-corrected chi connectivity index (χ2v) is 12.0. The molecule has 5 nitrogen and oxygen atoms in total. The maximum atomic E-state index is 12.4. The van der Waals surface area contributed by atoms with Crippen LogP contribution in [0, 0.1) is 28.1 Å². The highest BCUT2D eigenvalue weighted by Crippen LogP contribution is 2.81. The molecule has 0 amide bonds. The van der Waals surface area contributed by atoms with Crippen molar-refractivity contribution in [2.45, 2.75) is 89.6 Å². The SMILES string of the molecule is CC1(C)OC(=O)C=C[C@@]2(C)[C@@H]1C[C@@H](O)[C@]1(C)[C@H]2CC[C@@]2(C)[C@H](c3ccoc3)C[C@@H]3O[C@]312. The molecule has 0 unspecified atom stereocenters. The Morgan fingerprint density at radius 2 is 1.87 bits per heavy atom. The van der Waals surface area contributed by atoms with E-state index in [9.17, 15) is 9.90 Å². The number of aliphatic hydroxyl groups excluding tert-OH is 1. The quantitative estimate of drug-likeness (QED) is 0.525. The first kappa shape index (κ1) is 20.0. The van der Waals surface area contributed by atoms with Crippen LogP contribution in [0.5, 0.6) is 0 Å². The van der Waals surface area contributed by atoms with Crippen LogP contribution in [0.15, 0.2) is 35.2 Å². The maximum Gasteiger partial charge on any atom is 0.330 e. The molecule has 9 atom stereocenters. The van der Waals surface area contributed by atoms with Gasteiger partial charge >= 0.3 is 5.97 Å². The van der Waals surface area contributed by atoms with Crippen LogP contribution >= 0.6 is 0 Å². The normalized spacial score (nSPS) is 54.1. The molecule has 4 fully saturated rings. The van der Waals surface area contributed by atoms with Gasteiger partial charge < -0.3 is 19.0 Å². The van der Waals surface area contributed by atoms with E-state index in [4.69, 9.17) is 13.9 Å². The Bertz CT molecular complexity index is 964. The molecule has 6 rings (SSSR count). The molecule has 1 aromatic rings. The van der Waals surface area contributed by atoms with Gasteiger partial charge in [-0.15, -0.1) is 0 Å². The third kappa shape index (κ3) is 2.09. The monoisotopic (exact) mass is 426 g/mol. The summed E-state index contributed by atoms with van der Waals surface area (Å²) in [4.78, 5) is 12.4. The number of fused-ring (bicyclic) bond motifs is 3. The van der Waals surface area contributed by atoms with E-state index in [1.54, 1.807) is 12.3 Å². The highest BCUT2D eigenvalue weighted by molar-refractivity contribution is 5.83. The number of rotatable bonds is 1. The average molecular weight is 427 g/mol. The molecule has 3 heterocycles. The van der Waals surface area contributed by atoms with Gasteiger partial charge in [0.1, 0.15) is 11.2 Å². The van der Waals surface area contributed by atoms with Crippen molar-refractivity contribution in [2.24, 2.45) is 28.1 Å². The van der Waals surface area contributed by atoms with Crippen molar-refractivity contribution in [3.8, 4) is 0 Å². The minimum atomic E-state index is -0.630. The molecule has 0 aromatic carbocycles. The van der Waals surface area contributed by atoms with E-state index in [2.05, 4.69) is 32.9 Å². The number of carbonyl (C=O) groups excluding carboxylic acids is 1. The first-order chi connectivity index (χ1) is 14.5. The van der Waals surface area contributed by atoms with Crippen molar-refractivity contribution in [3.63, 3.8) is 0 Å². The molecule has 1 N–H and O–H groups in total. The Hall–Kier alpha value is -1.59. The van der Waals surface area contributed by atoms with Gasteiger partial charge in [-0.1, -0.05) is 26.8 Å². The maximum absolute atomic E-state index is 12.4. The summed E-state index contributed by atoms with van der Waals surface area (Å²) >= 11 is 0. The summed E-state index contributed by atoms with van der Waals surface area (Å²) < 4.78 is 17.9. The van der Waals surface area contributed by atoms with Crippen LogP contribution in [-0.2, 0) is 14.3 Å². The van der Waals surface area contributed by atoms with Crippen LogP contribution in [0.4, 0.5) is 0 Å². The van der Waals surface area contributed by atoms with Crippen molar-refractivity contribution in [2.75, 3.05) is 0 Å². The highest BCUT2D eigenvalue weighted by atomic mass is 16.6. The van der Waals surface area contributed by atoms with Crippen molar-refractivity contribution < 1.29 is 23.8 Å². The van der Waals surface area contributed by atoms with E-state index in [1.165, 1.54) is 5.56 Å². The number of hydrogen-bond donors (Lipinski definition) is 1. The predicted molar refractivity (Wildman–Crippen MR) is 114 cm³/mol. The summed E-state index contributed by atoms with van der Waals surface area (Å²) in [5.41, 5.74) is -0.398. The summed E-state index contributed by atoms with van der Waals surface area (Å²) in [6, 6.07) is 2.09. The first-order valence-corrected chi connectivity index (χ1v) is 11.8. The van der Waals surface area contributed by atoms with Crippen LogP contribution in [-0.4, -0.2) is 34.5 Å². The van der Waals surface area contributed by atoms with Crippen LogP contribution in [0.3, 0.4) is 0 Å². The molecule has 5 aliphatic rings. The Morgan fingerprint density at radius 1 is 1.10 bits per heavy atom. The fraction of sp³-hybridized carbons (Fsp3) is 0.731. The van der Waals surface area contributed by atoms with E-state index in [1.807, 2.05) is 20.1 Å². The summed E-state index contributed by atoms with van der Waals surface area (Å²) in [5.74, 6) is 0.364. The molecule has 1 aromatic heterocycles. The van der Waals surface area contributed by atoms with Crippen LogP contribution in [0.2, 0.25) is 0 Å². The molecule has 31 heavy (non-hydrogen) atoms. The van der Waals surface area contributed by atoms with E-state index >= 15 is 0 Å². The molecule has 1 spiro atoms. The van der Waals surface area contributed by atoms with Crippen molar-refractivity contribution in [1.29, 1.82) is 0 Å². The van der Waals surface area contributed by atoms with Crippen molar-refractivity contribution >= 4 is 5.97 Å². The predicted octanol–water partition coefficient (Wildman–Crippen LogP) is 4.61. The summed E-state index contributed by atoms with van der Waals surface area (Å²) in [6.45, 7) is 10.9. The topological polar surface area (TPSA) is 72.2 Å². The molecule has 2 aliphatic heterocycles. The average Bonchev–Trinajstić information content (AvgIpc) is 3.09. The van der Waals surface area contributed by atoms with Gasteiger partial charge in [0.2, 0.25) is 0 Å². The highest BCUT2D eigenvalue weighted by Gasteiger charge is 2.86. The molecule has 3 aliphatic carbocycles. The lowest BCUT2D eigenvalue weighted by molar-refractivity contribution is -0.232. The van der Waals surface area contributed by atoms with Crippen LogP contribution in [0.1, 0.15) is 71.8 Å². The van der Waals surface area contributed by atoms with E-state index < -0.39 is 11.7 Å². The number of cyclic esters (lactones) is 1. The number of furan rings is 1. The Balaban J connectivity index is 1.49. The second-order valence-electron chi connectivity index (χ2n) is 12.0.